The molecule has 9 heteroatoms. The Kier molecular flexibility index (Phi) is 42.9. The van der Waals surface area contributed by atoms with E-state index >= 15 is 0 Å². The van der Waals surface area contributed by atoms with E-state index in [1.807, 2.05) is 21.1 Å². The van der Waals surface area contributed by atoms with E-state index in [1.165, 1.54) is 103 Å². The van der Waals surface area contributed by atoms with E-state index in [0.717, 1.165) is 77.0 Å². The van der Waals surface area contributed by atoms with Crippen molar-refractivity contribution in [3.05, 3.63) is 48.6 Å². The lowest BCUT2D eigenvalue weighted by Gasteiger charge is -2.26. The van der Waals surface area contributed by atoms with Gasteiger partial charge in [0.2, 0.25) is 0 Å². The first-order valence-electron chi connectivity index (χ1n) is 25.3. The minimum Gasteiger partial charge on any atom is -0.545 e. The van der Waals surface area contributed by atoms with Gasteiger partial charge in [-0.15, -0.1) is 0 Å². The molecule has 2 atom stereocenters. The summed E-state index contributed by atoms with van der Waals surface area (Å²) in [5.41, 5.74) is 0. The van der Waals surface area contributed by atoms with Crippen LogP contribution >= 0.6 is 0 Å². The van der Waals surface area contributed by atoms with Crippen LogP contribution < -0.4 is 5.11 Å². The van der Waals surface area contributed by atoms with Gasteiger partial charge in [-0.25, -0.2) is 0 Å². The smallest absolute Gasteiger partial charge is 0.306 e. The Morgan fingerprint density at radius 1 is 0.484 bits per heavy atom. The van der Waals surface area contributed by atoms with Crippen LogP contribution in [-0.2, 0) is 33.3 Å². The Bertz CT molecular complexity index is 1160. The molecule has 0 aromatic rings. The average Bonchev–Trinajstić information content (AvgIpc) is 3.23. The first kappa shape index (κ1) is 59.2. The van der Waals surface area contributed by atoms with E-state index in [2.05, 4.69) is 62.5 Å². The van der Waals surface area contributed by atoms with Crippen molar-refractivity contribution < 1.29 is 42.9 Å². The molecule has 0 spiro atoms. The molecule has 0 aromatic carbocycles. The third kappa shape index (κ3) is 45.3. The molecule has 9 nitrogen and oxygen atoms in total. The number of allylic oxidation sites excluding steroid dienone is 8. The van der Waals surface area contributed by atoms with Crippen molar-refractivity contribution in [3.63, 3.8) is 0 Å². The van der Waals surface area contributed by atoms with E-state index in [4.69, 9.17) is 18.9 Å². The molecule has 0 saturated heterocycles. The zero-order chi connectivity index (χ0) is 45.6. The third-order valence-electron chi connectivity index (χ3n) is 10.8. The molecule has 0 aliphatic rings. The molecule has 0 heterocycles. The van der Waals surface area contributed by atoms with Gasteiger partial charge in [-0.3, -0.25) is 9.59 Å². The molecule has 360 valence electrons. The van der Waals surface area contributed by atoms with Crippen molar-refractivity contribution in [3.8, 4) is 0 Å². The first-order valence-corrected chi connectivity index (χ1v) is 25.3. The van der Waals surface area contributed by atoms with Crippen LogP contribution in [0.5, 0.6) is 0 Å². The lowest BCUT2D eigenvalue weighted by atomic mass is 10.0. The second-order valence-corrected chi connectivity index (χ2v) is 18.1. The zero-order valence-electron chi connectivity index (χ0n) is 40.7. The van der Waals surface area contributed by atoms with Crippen molar-refractivity contribution in [1.82, 2.24) is 0 Å². The normalized spacial score (nSPS) is 13.2. The predicted molar refractivity (Wildman–Crippen MR) is 255 cm³/mol. The molecule has 0 amide bonds. The van der Waals surface area contributed by atoms with Crippen molar-refractivity contribution >= 4 is 17.9 Å². The van der Waals surface area contributed by atoms with Crippen LogP contribution in [0, 0.1) is 0 Å². The molecule has 0 aromatic heterocycles. The standard InChI is InChI=1S/C53H95NO8/c1-6-8-10-12-14-16-18-20-21-22-23-24-25-26-27-28-29-30-31-32-34-36-38-40-42-44-51(56)62-49(48-61-53(52(57)58)59-46-45-54(3,4)5)47-60-50(55)43-41-39-37-35-33-19-17-15-13-11-9-7-2/h15,17-18,20,22-23,25-26,49,53H,6-14,16,19,21,24,27-48H2,1-5H3/b17-15-,20-18-,23-22-,26-25-. The molecule has 0 radical (unpaired) electrons. The highest BCUT2D eigenvalue weighted by molar-refractivity contribution is 5.70. The molecule has 62 heavy (non-hydrogen) atoms. The molecular formula is C53H95NO8. The van der Waals surface area contributed by atoms with Gasteiger partial charge < -0.3 is 33.3 Å². The Morgan fingerprint density at radius 3 is 1.34 bits per heavy atom. The number of carboxylic acids is 1. The summed E-state index contributed by atoms with van der Waals surface area (Å²) in [5.74, 6) is -2.30. The van der Waals surface area contributed by atoms with Gasteiger partial charge in [-0.05, 0) is 77.0 Å². The van der Waals surface area contributed by atoms with Crippen LogP contribution in [-0.4, -0.2) is 82.3 Å². The molecular weight excluding hydrogens is 779 g/mol. The number of hydrogen-bond donors (Lipinski definition) is 0. The number of carboxylic acid groups (broad SMARTS) is 1. The molecule has 0 aliphatic heterocycles. The molecule has 2 unspecified atom stereocenters. The van der Waals surface area contributed by atoms with Crippen molar-refractivity contribution in [2.45, 2.75) is 225 Å². The average molecular weight is 874 g/mol. The number of ether oxygens (including phenoxy) is 4. The highest BCUT2D eigenvalue weighted by atomic mass is 16.7. The number of carbonyl (C=O) groups is 3. The van der Waals surface area contributed by atoms with Gasteiger partial charge in [0.15, 0.2) is 12.4 Å². The topological polar surface area (TPSA) is 111 Å². The van der Waals surface area contributed by atoms with E-state index in [1.54, 1.807) is 0 Å². The quantitative estimate of drug-likeness (QED) is 0.0195. The van der Waals surface area contributed by atoms with Gasteiger partial charge in [0.1, 0.15) is 13.2 Å². The number of likely N-dealkylation sites (N-methyl/N-ethyl adjacent to an activating group) is 1. The van der Waals surface area contributed by atoms with Crippen LogP contribution in [0.2, 0.25) is 0 Å². The maximum atomic E-state index is 12.8. The highest BCUT2D eigenvalue weighted by Gasteiger charge is 2.21. The highest BCUT2D eigenvalue weighted by Crippen LogP contribution is 2.14. The van der Waals surface area contributed by atoms with Crippen LogP contribution in [0.25, 0.3) is 0 Å². The summed E-state index contributed by atoms with van der Waals surface area (Å²) in [6.45, 7) is 4.69. The number of rotatable bonds is 46. The Morgan fingerprint density at radius 2 is 0.871 bits per heavy atom. The Balaban J connectivity index is 4.29. The minimum absolute atomic E-state index is 0.145. The van der Waals surface area contributed by atoms with Gasteiger partial charge >= 0.3 is 11.9 Å². The summed E-state index contributed by atoms with van der Waals surface area (Å²) in [6, 6.07) is 0. The minimum atomic E-state index is -1.62. The van der Waals surface area contributed by atoms with Crippen molar-refractivity contribution in [1.29, 1.82) is 0 Å². The summed E-state index contributed by atoms with van der Waals surface area (Å²) in [6.07, 6.45) is 50.0. The number of carbonyl (C=O) groups excluding carboxylic acids is 3. The zero-order valence-corrected chi connectivity index (χ0v) is 40.7. The van der Waals surface area contributed by atoms with E-state index in [0.29, 0.717) is 17.4 Å². The summed E-state index contributed by atoms with van der Waals surface area (Å²) in [7, 11) is 5.91. The van der Waals surface area contributed by atoms with Crippen LogP contribution in [0.4, 0.5) is 0 Å². The number of esters is 2. The first-order chi connectivity index (χ1) is 30.1. The maximum absolute atomic E-state index is 12.8. The van der Waals surface area contributed by atoms with Gasteiger partial charge in [0.25, 0.3) is 0 Å². The Hall–Kier alpha value is -2.75. The van der Waals surface area contributed by atoms with Crippen LogP contribution in [0.15, 0.2) is 48.6 Å². The largest absolute Gasteiger partial charge is 0.545 e. The second kappa shape index (κ2) is 44.8. The number of quaternary nitrogens is 1. The van der Waals surface area contributed by atoms with Gasteiger partial charge in [0.05, 0.1) is 40.3 Å². The van der Waals surface area contributed by atoms with Gasteiger partial charge in [-0.1, -0.05) is 172 Å². The fourth-order valence-corrected chi connectivity index (χ4v) is 6.83. The maximum Gasteiger partial charge on any atom is 0.306 e. The van der Waals surface area contributed by atoms with Crippen LogP contribution in [0.3, 0.4) is 0 Å². The fraction of sp³-hybridized carbons (Fsp3) is 0.792. The SMILES string of the molecule is CCCCC/C=C\CCCCCCCC(=O)OCC(COC(OCC[N+](C)(C)C)C(=O)[O-])OC(=O)CCCCCCCCCCCC/C=C\C/C=C\C/C=C\CCCCCCC. The van der Waals surface area contributed by atoms with Crippen molar-refractivity contribution in [2.75, 3.05) is 47.5 Å². The summed E-state index contributed by atoms with van der Waals surface area (Å²) in [5, 5.41) is 11.7. The number of nitrogens with zero attached hydrogens (tertiary/aromatic N) is 1. The van der Waals surface area contributed by atoms with Gasteiger partial charge in [-0.2, -0.15) is 0 Å². The van der Waals surface area contributed by atoms with Crippen LogP contribution in [0.1, 0.15) is 213 Å². The molecule has 0 aliphatic carbocycles. The lowest BCUT2D eigenvalue weighted by Crippen LogP contribution is -2.44. The number of hydrogen-bond acceptors (Lipinski definition) is 8. The second-order valence-electron chi connectivity index (χ2n) is 18.1. The van der Waals surface area contributed by atoms with E-state index < -0.39 is 24.3 Å². The number of unbranched alkanes of at least 4 members (excludes halogenated alkanes) is 23. The van der Waals surface area contributed by atoms with E-state index in [-0.39, 0.29) is 38.6 Å². The Labute approximate surface area is 381 Å². The van der Waals surface area contributed by atoms with Gasteiger partial charge in [0, 0.05) is 12.8 Å². The lowest BCUT2D eigenvalue weighted by molar-refractivity contribution is -0.870. The summed E-state index contributed by atoms with van der Waals surface area (Å²) in [4.78, 5) is 37.0. The monoisotopic (exact) mass is 874 g/mol. The summed E-state index contributed by atoms with van der Waals surface area (Å²) >= 11 is 0. The molecule has 0 N–H and O–H groups in total. The predicted octanol–water partition coefficient (Wildman–Crippen LogP) is 12.6. The van der Waals surface area contributed by atoms with E-state index in [9.17, 15) is 19.5 Å². The molecule has 0 rings (SSSR count). The number of aliphatic carboxylic acids is 1. The third-order valence-corrected chi connectivity index (χ3v) is 10.8. The molecule has 0 fully saturated rings. The molecule has 0 bridgehead atoms. The van der Waals surface area contributed by atoms with Crippen molar-refractivity contribution in [2.24, 2.45) is 0 Å². The fourth-order valence-electron chi connectivity index (χ4n) is 6.83. The summed E-state index contributed by atoms with van der Waals surface area (Å²) < 4.78 is 22.6. The molecule has 0 saturated carbocycles.